The molecule has 2 fully saturated rings. The summed E-state index contributed by atoms with van der Waals surface area (Å²) in [7, 11) is 1.84. The highest BCUT2D eigenvalue weighted by atomic mass is 127. The lowest BCUT2D eigenvalue weighted by Gasteiger charge is -2.32. The average Bonchev–Trinajstić information content (AvgIpc) is 3.28. The molecular formula is C24H41IN4O2. The molecule has 0 aromatic heterocycles. The van der Waals surface area contributed by atoms with Gasteiger partial charge in [0, 0.05) is 38.2 Å². The summed E-state index contributed by atoms with van der Waals surface area (Å²) in [5.74, 6) is 3.06. The van der Waals surface area contributed by atoms with Crippen LogP contribution in [0.25, 0.3) is 0 Å². The molecule has 2 heterocycles. The Hall–Kier alpha value is -1.06. The number of nitrogens with zero attached hydrogens (tertiary/aromatic N) is 2. The first-order valence-electron chi connectivity index (χ1n) is 11.6. The van der Waals surface area contributed by atoms with Gasteiger partial charge in [0.2, 0.25) is 0 Å². The fourth-order valence-corrected chi connectivity index (χ4v) is 4.24. The molecule has 0 spiro atoms. The third-order valence-electron chi connectivity index (χ3n) is 6.20. The topological polar surface area (TPSA) is 58.1 Å². The van der Waals surface area contributed by atoms with E-state index in [-0.39, 0.29) is 24.0 Å². The Balaban J connectivity index is 0.00000341. The molecule has 1 aromatic rings. The smallest absolute Gasteiger partial charge is 0.191 e. The molecular weight excluding hydrogens is 503 g/mol. The van der Waals surface area contributed by atoms with E-state index in [1.54, 1.807) is 0 Å². The average molecular weight is 545 g/mol. The second-order valence-corrected chi connectivity index (χ2v) is 8.74. The molecule has 0 saturated carbocycles. The van der Waals surface area contributed by atoms with E-state index < -0.39 is 0 Å². The number of likely N-dealkylation sites (tertiary alicyclic amines) is 1. The van der Waals surface area contributed by atoms with Crippen molar-refractivity contribution in [3.05, 3.63) is 29.3 Å². The Morgan fingerprint density at radius 1 is 1.19 bits per heavy atom. The molecule has 3 rings (SSSR count). The number of ether oxygens (including phenoxy) is 2. The van der Waals surface area contributed by atoms with Gasteiger partial charge in [0.15, 0.2) is 5.96 Å². The maximum atomic E-state index is 6.17. The fraction of sp³-hybridized carbons (Fsp3) is 0.708. The van der Waals surface area contributed by atoms with Crippen LogP contribution in [0.5, 0.6) is 5.75 Å². The van der Waals surface area contributed by atoms with Crippen molar-refractivity contribution >= 4 is 29.9 Å². The Labute approximate surface area is 205 Å². The maximum absolute atomic E-state index is 6.17. The van der Waals surface area contributed by atoms with Crippen molar-refractivity contribution in [2.45, 2.75) is 46.1 Å². The lowest BCUT2D eigenvalue weighted by atomic mass is 9.97. The van der Waals surface area contributed by atoms with E-state index in [9.17, 15) is 0 Å². The highest BCUT2D eigenvalue weighted by Crippen LogP contribution is 2.23. The SMILES string of the molecule is CCCN1CCC(CNC(=NC)NCc2ccc(C)cc2OCC2CCOC2)CC1.I. The van der Waals surface area contributed by atoms with Crippen LogP contribution in [0.15, 0.2) is 23.2 Å². The Kier molecular flexibility index (Phi) is 12.0. The zero-order valence-corrected chi connectivity index (χ0v) is 21.8. The van der Waals surface area contributed by atoms with E-state index in [1.807, 2.05) is 7.05 Å². The monoisotopic (exact) mass is 544 g/mol. The normalized spacial score (nSPS) is 20.4. The summed E-state index contributed by atoms with van der Waals surface area (Å²) in [5, 5.41) is 6.99. The van der Waals surface area contributed by atoms with Gasteiger partial charge in [0.05, 0.1) is 13.2 Å². The number of hydrogen-bond donors (Lipinski definition) is 2. The second kappa shape index (κ2) is 14.2. The molecule has 2 N–H and O–H groups in total. The number of benzene rings is 1. The van der Waals surface area contributed by atoms with E-state index in [0.717, 1.165) is 56.0 Å². The molecule has 2 aliphatic rings. The minimum atomic E-state index is 0. The van der Waals surface area contributed by atoms with Crippen LogP contribution in [0, 0.1) is 18.8 Å². The first kappa shape index (κ1) is 26.2. The number of halogens is 1. The van der Waals surface area contributed by atoms with Crippen molar-refractivity contribution in [1.82, 2.24) is 15.5 Å². The van der Waals surface area contributed by atoms with Gasteiger partial charge in [0.1, 0.15) is 5.75 Å². The van der Waals surface area contributed by atoms with Gasteiger partial charge in [-0.3, -0.25) is 4.99 Å². The first-order valence-corrected chi connectivity index (χ1v) is 11.6. The van der Waals surface area contributed by atoms with Crippen molar-refractivity contribution < 1.29 is 9.47 Å². The minimum Gasteiger partial charge on any atom is -0.493 e. The van der Waals surface area contributed by atoms with Crippen LogP contribution in [0.3, 0.4) is 0 Å². The van der Waals surface area contributed by atoms with Crippen LogP contribution in [0.1, 0.15) is 43.7 Å². The Morgan fingerprint density at radius 2 is 2.00 bits per heavy atom. The zero-order chi connectivity index (χ0) is 21.2. The van der Waals surface area contributed by atoms with Gasteiger partial charge in [-0.05, 0) is 69.8 Å². The fourth-order valence-electron chi connectivity index (χ4n) is 4.24. The molecule has 31 heavy (non-hydrogen) atoms. The molecule has 6 nitrogen and oxygen atoms in total. The highest BCUT2D eigenvalue weighted by molar-refractivity contribution is 14.0. The summed E-state index contributed by atoms with van der Waals surface area (Å²) in [6, 6.07) is 6.43. The van der Waals surface area contributed by atoms with Crippen LogP contribution in [0.4, 0.5) is 0 Å². The number of nitrogens with one attached hydrogen (secondary N) is 2. The van der Waals surface area contributed by atoms with Gasteiger partial charge in [-0.1, -0.05) is 19.1 Å². The number of guanidine groups is 1. The number of hydrogen-bond acceptors (Lipinski definition) is 4. The van der Waals surface area contributed by atoms with Gasteiger partial charge in [-0.2, -0.15) is 0 Å². The molecule has 1 unspecified atom stereocenters. The van der Waals surface area contributed by atoms with Gasteiger partial charge >= 0.3 is 0 Å². The van der Waals surface area contributed by atoms with Gasteiger partial charge in [-0.15, -0.1) is 24.0 Å². The lowest BCUT2D eigenvalue weighted by molar-refractivity contribution is 0.166. The molecule has 0 radical (unpaired) electrons. The van der Waals surface area contributed by atoms with Crippen molar-refractivity contribution in [3.63, 3.8) is 0 Å². The summed E-state index contributed by atoms with van der Waals surface area (Å²) < 4.78 is 11.6. The summed E-state index contributed by atoms with van der Waals surface area (Å²) in [6.45, 7) is 12.1. The van der Waals surface area contributed by atoms with E-state index in [2.05, 4.69) is 52.6 Å². The van der Waals surface area contributed by atoms with E-state index in [0.29, 0.717) is 12.5 Å². The Morgan fingerprint density at radius 3 is 2.68 bits per heavy atom. The standard InChI is InChI=1S/C24H40N4O2.HI/c1-4-10-28-11-7-20(8-12-28)15-26-24(25-3)27-16-22-6-5-19(2)14-23(22)30-18-21-9-13-29-17-21;/h5-6,14,20-21H,4,7-13,15-18H2,1-3H3,(H2,25,26,27);1H. The van der Waals surface area contributed by atoms with E-state index >= 15 is 0 Å². The molecule has 2 aliphatic heterocycles. The van der Waals surface area contributed by atoms with E-state index in [4.69, 9.17) is 9.47 Å². The lowest BCUT2D eigenvalue weighted by Crippen LogP contribution is -2.42. The predicted octanol–water partition coefficient (Wildman–Crippen LogP) is 3.82. The molecule has 2 saturated heterocycles. The summed E-state index contributed by atoms with van der Waals surface area (Å²) >= 11 is 0. The molecule has 1 atom stereocenters. The number of aliphatic imine (C=N–C) groups is 1. The first-order chi connectivity index (χ1) is 14.7. The molecule has 1 aromatic carbocycles. The van der Waals surface area contributed by atoms with Gasteiger partial charge < -0.3 is 25.0 Å². The number of aryl methyl sites for hydroxylation is 1. The third-order valence-corrected chi connectivity index (χ3v) is 6.20. The van der Waals surface area contributed by atoms with E-state index in [1.165, 1.54) is 44.5 Å². The van der Waals surface area contributed by atoms with Crippen LogP contribution in [-0.2, 0) is 11.3 Å². The van der Waals surface area contributed by atoms with Crippen molar-refractivity contribution in [2.75, 3.05) is 53.0 Å². The Bertz CT molecular complexity index is 672. The van der Waals surface area contributed by atoms with Crippen molar-refractivity contribution in [2.24, 2.45) is 16.8 Å². The number of piperidine rings is 1. The molecule has 0 aliphatic carbocycles. The number of rotatable bonds is 9. The summed E-state index contributed by atoms with van der Waals surface area (Å²) in [4.78, 5) is 7.00. The van der Waals surface area contributed by atoms with Gasteiger partial charge in [-0.25, -0.2) is 0 Å². The van der Waals surface area contributed by atoms with Crippen LogP contribution < -0.4 is 15.4 Å². The van der Waals surface area contributed by atoms with Gasteiger partial charge in [0.25, 0.3) is 0 Å². The van der Waals surface area contributed by atoms with Crippen LogP contribution in [-0.4, -0.2) is 63.9 Å². The largest absolute Gasteiger partial charge is 0.493 e. The molecule has 176 valence electrons. The molecule has 0 bridgehead atoms. The second-order valence-electron chi connectivity index (χ2n) is 8.74. The highest BCUT2D eigenvalue weighted by Gasteiger charge is 2.19. The van der Waals surface area contributed by atoms with Crippen molar-refractivity contribution in [3.8, 4) is 5.75 Å². The quantitative estimate of drug-likeness (QED) is 0.281. The predicted molar refractivity (Wildman–Crippen MR) is 139 cm³/mol. The van der Waals surface area contributed by atoms with Crippen molar-refractivity contribution in [1.29, 1.82) is 0 Å². The van der Waals surface area contributed by atoms with Crippen LogP contribution in [0.2, 0.25) is 0 Å². The summed E-state index contributed by atoms with van der Waals surface area (Å²) in [5.41, 5.74) is 2.38. The van der Waals surface area contributed by atoms with Crippen LogP contribution >= 0.6 is 24.0 Å². The zero-order valence-electron chi connectivity index (χ0n) is 19.5. The molecule has 7 heteroatoms. The third kappa shape index (κ3) is 8.77. The minimum absolute atomic E-state index is 0. The summed E-state index contributed by atoms with van der Waals surface area (Å²) in [6.07, 6.45) is 4.88. The maximum Gasteiger partial charge on any atom is 0.191 e. The molecule has 0 amide bonds.